The molecule has 0 bridgehead atoms. The van der Waals surface area contributed by atoms with Gasteiger partial charge in [0.05, 0.1) is 6.61 Å². The van der Waals surface area contributed by atoms with Crippen molar-refractivity contribution in [3.8, 4) is 17.2 Å². The highest BCUT2D eigenvalue weighted by atomic mass is 35.5. The first-order valence-electron chi connectivity index (χ1n) is 11.4. The lowest BCUT2D eigenvalue weighted by molar-refractivity contribution is -0.479. The Morgan fingerprint density at radius 1 is 1.00 bits per heavy atom. The molecule has 0 radical (unpaired) electrons. The lowest BCUT2D eigenvalue weighted by Crippen LogP contribution is -2.11. The van der Waals surface area contributed by atoms with Crippen molar-refractivity contribution >= 4 is 35.0 Å². The van der Waals surface area contributed by atoms with Gasteiger partial charge in [-0.2, -0.15) is 0 Å². The van der Waals surface area contributed by atoms with E-state index in [1.54, 1.807) is 24.3 Å². The van der Waals surface area contributed by atoms with Gasteiger partial charge in [0.2, 0.25) is 6.54 Å². The summed E-state index contributed by atoms with van der Waals surface area (Å²) >= 11 is 13.5. The highest BCUT2D eigenvalue weighted by Crippen LogP contribution is 2.37. The van der Waals surface area contributed by atoms with Crippen LogP contribution < -0.4 is 9.47 Å². The molecule has 4 aromatic rings. The number of thioether (sulfide) groups is 1. The maximum atomic E-state index is 11.5. The number of nitrogens with zero attached hydrogens (tertiary/aromatic N) is 4. The van der Waals surface area contributed by atoms with E-state index in [1.165, 1.54) is 11.8 Å². The minimum Gasteiger partial charge on any atom is -0.494 e. The third-order valence-corrected chi connectivity index (χ3v) is 7.19. The SMILES string of the molecule is CCOc1ccc(-n2c(C)nnc2S[C@H](C[N+](=O)[O-])c2ccc(OCc3ccc(Cl)cc3Cl)cc2)cc1. The van der Waals surface area contributed by atoms with E-state index in [2.05, 4.69) is 10.2 Å². The normalized spacial score (nSPS) is 11.8. The molecule has 0 unspecified atom stereocenters. The molecule has 11 heteroatoms. The summed E-state index contributed by atoms with van der Waals surface area (Å²) < 4.78 is 13.2. The van der Waals surface area contributed by atoms with Crippen molar-refractivity contribution < 1.29 is 14.4 Å². The molecule has 0 N–H and O–H groups in total. The minimum atomic E-state index is -0.486. The zero-order valence-electron chi connectivity index (χ0n) is 20.1. The second kappa shape index (κ2) is 12.3. The molecule has 0 amide bonds. The van der Waals surface area contributed by atoms with Gasteiger partial charge in [0.1, 0.15) is 29.2 Å². The van der Waals surface area contributed by atoms with Crippen molar-refractivity contribution in [3.63, 3.8) is 0 Å². The quantitative estimate of drug-likeness (QED) is 0.111. The summed E-state index contributed by atoms with van der Waals surface area (Å²) in [5.41, 5.74) is 2.43. The van der Waals surface area contributed by atoms with Crippen LogP contribution in [0.3, 0.4) is 0 Å². The first-order valence-corrected chi connectivity index (χ1v) is 13.1. The second-order valence-electron chi connectivity index (χ2n) is 8.01. The Kier molecular flexibility index (Phi) is 8.91. The highest BCUT2D eigenvalue weighted by molar-refractivity contribution is 7.99. The van der Waals surface area contributed by atoms with E-state index in [4.69, 9.17) is 32.7 Å². The van der Waals surface area contributed by atoms with E-state index in [-0.39, 0.29) is 18.1 Å². The van der Waals surface area contributed by atoms with Crippen molar-refractivity contribution in [1.82, 2.24) is 14.8 Å². The maximum Gasteiger partial charge on any atom is 0.220 e. The molecule has 1 aromatic heterocycles. The summed E-state index contributed by atoms with van der Waals surface area (Å²) in [4.78, 5) is 11.2. The summed E-state index contributed by atoms with van der Waals surface area (Å²) in [6.45, 7) is 4.34. The molecule has 0 aliphatic heterocycles. The van der Waals surface area contributed by atoms with Crippen LogP contribution in [0.2, 0.25) is 10.0 Å². The Hall–Kier alpha value is -3.27. The molecular weight excluding hydrogens is 535 g/mol. The van der Waals surface area contributed by atoms with Crippen LogP contribution in [0.1, 0.15) is 29.1 Å². The number of nitro groups is 1. The van der Waals surface area contributed by atoms with Crippen LogP contribution in [0.25, 0.3) is 5.69 Å². The Morgan fingerprint density at radius 2 is 1.68 bits per heavy atom. The van der Waals surface area contributed by atoms with Gasteiger partial charge in [-0.15, -0.1) is 10.2 Å². The molecule has 192 valence electrons. The third-order valence-electron chi connectivity index (χ3n) is 5.42. The molecule has 4 rings (SSSR count). The van der Waals surface area contributed by atoms with Crippen molar-refractivity contribution in [1.29, 1.82) is 0 Å². The summed E-state index contributed by atoms with van der Waals surface area (Å²) in [5.74, 6) is 2.06. The lowest BCUT2D eigenvalue weighted by atomic mass is 10.1. The predicted molar refractivity (Wildman–Crippen MR) is 145 cm³/mol. The van der Waals surface area contributed by atoms with E-state index < -0.39 is 5.25 Å². The Labute approximate surface area is 228 Å². The Bertz CT molecular complexity index is 1360. The number of aromatic nitrogens is 3. The first-order chi connectivity index (χ1) is 17.8. The van der Waals surface area contributed by atoms with Crippen molar-refractivity contribution in [2.75, 3.05) is 13.2 Å². The van der Waals surface area contributed by atoms with Gasteiger partial charge in [0.25, 0.3) is 0 Å². The molecule has 3 aromatic carbocycles. The fraction of sp³-hybridized carbons (Fsp3) is 0.231. The Morgan fingerprint density at radius 3 is 2.32 bits per heavy atom. The van der Waals surface area contributed by atoms with E-state index in [9.17, 15) is 10.1 Å². The van der Waals surface area contributed by atoms with Crippen LogP contribution in [0, 0.1) is 17.0 Å². The van der Waals surface area contributed by atoms with Crippen LogP contribution in [0.5, 0.6) is 11.5 Å². The van der Waals surface area contributed by atoms with Gasteiger partial charge < -0.3 is 9.47 Å². The number of hydrogen-bond donors (Lipinski definition) is 0. The Balaban J connectivity index is 1.51. The number of ether oxygens (including phenoxy) is 2. The molecule has 37 heavy (non-hydrogen) atoms. The van der Waals surface area contributed by atoms with Gasteiger partial charge in [-0.3, -0.25) is 14.7 Å². The molecule has 0 aliphatic carbocycles. The first kappa shape index (κ1) is 26.8. The number of benzene rings is 3. The average molecular weight is 559 g/mol. The van der Waals surface area contributed by atoms with E-state index in [1.807, 2.05) is 60.9 Å². The molecule has 1 heterocycles. The zero-order chi connectivity index (χ0) is 26.4. The monoisotopic (exact) mass is 558 g/mol. The molecule has 0 saturated heterocycles. The minimum absolute atomic E-state index is 0.271. The number of rotatable bonds is 11. The zero-order valence-corrected chi connectivity index (χ0v) is 22.5. The summed E-state index contributed by atoms with van der Waals surface area (Å²) in [6, 6.07) is 20.0. The van der Waals surface area contributed by atoms with Gasteiger partial charge in [-0.25, -0.2) is 0 Å². The van der Waals surface area contributed by atoms with E-state index in [0.29, 0.717) is 33.4 Å². The van der Waals surface area contributed by atoms with Crippen LogP contribution in [0.15, 0.2) is 71.9 Å². The second-order valence-corrected chi connectivity index (χ2v) is 10.0. The number of aryl methyl sites for hydroxylation is 1. The predicted octanol–water partition coefficient (Wildman–Crippen LogP) is 6.97. The van der Waals surface area contributed by atoms with Crippen LogP contribution in [-0.4, -0.2) is 32.8 Å². The van der Waals surface area contributed by atoms with Crippen LogP contribution >= 0.6 is 35.0 Å². The summed E-state index contributed by atoms with van der Waals surface area (Å²) in [7, 11) is 0. The lowest BCUT2D eigenvalue weighted by Gasteiger charge is -2.15. The molecule has 0 saturated carbocycles. The number of hydrogen-bond acceptors (Lipinski definition) is 7. The topological polar surface area (TPSA) is 92.3 Å². The van der Waals surface area contributed by atoms with Gasteiger partial charge in [-0.1, -0.05) is 53.2 Å². The smallest absolute Gasteiger partial charge is 0.220 e. The molecule has 8 nitrogen and oxygen atoms in total. The molecule has 0 aliphatic rings. The molecule has 0 fully saturated rings. The summed E-state index contributed by atoms with van der Waals surface area (Å²) in [5, 5.41) is 21.2. The van der Waals surface area contributed by atoms with Gasteiger partial charge in [0.15, 0.2) is 5.16 Å². The molecule has 0 spiro atoms. The average Bonchev–Trinajstić information content (AvgIpc) is 3.23. The van der Waals surface area contributed by atoms with Crippen molar-refractivity contribution in [2.24, 2.45) is 0 Å². The molecule has 1 atom stereocenters. The van der Waals surface area contributed by atoms with Crippen molar-refractivity contribution in [3.05, 3.63) is 104 Å². The standard InChI is InChI=1S/C26H24Cl2N4O4S/c1-3-35-22-12-8-21(9-13-22)32-17(2)29-30-26(32)37-25(15-31(33)34)18-5-10-23(11-6-18)36-16-19-4-7-20(27)14-24(19)28/h4-14,25H,3,15-16H2,1-2H3/t25-/m1/s1. The largest absolute Gasteiger partial charge is 0.494 e. The molecular formula is C26H24Cl2N4O4S. The van der Waals surface area contributed by atoms with E-state index >= 15 is 0 Å². The number of halogens is 2. The summed E-state index contributed by atoms with van der Waals surface area (Å²) in [6.07, 6.45) is 0. The maximum absolute atomic E-state index is 11.5. The van der Waals surface area contributed by atoms with Crippen molar-refractivity contribution in [2.45, 2.75) is 30.9 Å². The fourth-order valence-corrected chi connectivity index (χ4v) is 5.26. The fourth-order valence-electron chi connectivity index (χ4n) is 3.63. The van der Waals surface area contributed by atoms with Gasteiger partial charge in [-0.05, 0) is 67.9 Å². The van der Waals surface area contributed by atoms with Crippen LogP contribution in [-0.2, 0) is 6.61 Å². The third kappa shape index (κ3) is 6.94. The van der Waals surface area contributed by atoms with Gasteiger partial charge in [0, 0.05) is 26.2 Å². The van der Waals surface area contributed by atoms with Crippen LogP contribution in [0.4, 0.5) is 0 Å². The van der Waals surface area contributed by atoms with E-state index in [0.717, 1.165) is 22.6 Å². The highest BCUT2D eigenvalue weighted by Gasteiger charge is 2.24. The van der Waals surface area contributed by atoms with Gasteiger partial charge >= 0.3 is 0 Å².